The van der Waals surface area contributed by atoms with Crippen LogP contribution in [0, 0.1) is 17.8 Å². The van der Waals surface area contributed by atoms with E-state index in [2.05, 4.69) is 10.3 Å². The molecule has 7 heteroatoms. The van der Waals surface area contributed by atoms with Gasteiger partial charge in [0.25, 0.3) is 0 Å². The highest BCUT2D eigenvalue weighted by Gasteiger charge is 2.60. The molecule has 4 atom stereocenters. The molecule has 0 radical (unpaired) electrons. The Balaban J connectivity index is 1.29. The molecule has 1 aliphatic heterocycles. The highest BCUT2D eigenvalue weighted by atomic mass is 19.3. The predicted octanol–water partition coefficient (Wildman–Crippen LogP) is 5.22. The van der Waals surface area contributed by atoms with Crippen molar-refractivity contribution in [3.8, 4) is 5.75 Å². The van der Waals surface area contributed by atoms with Crippen LogP contribution in [0.5, 0.6) is 5.75 Å². The van der Waals surface area contributed by atoms with Gasteiger partial charge in [-0.2, -0.15) is 0 Å². The van der Waals surface area contributed by atoms with E-state index in [1.165, 1.54) is 0 Å². The van der Waals surface area contributed by atoms with E-state index < -0.39 is 17.6 Å². The Kier molecular flexibility index (Phi) is 5.35. The van der Waals surface area contributed by atoms with Crippen LogP contribution in [0.25, 0.3) is 6.08 Å². The summed E-state index contributed by atoms with van der Waals surface area (Å²) in [4.78, 5) is 16.3. The molecule has 2 aromatic rings. The van der Waals surface area contributed by atoms with Gasteiger partial charge in [-0.25, -0.2) is 13.6 Å². The standard InChI is InChI=1S/C25H26F2N2O3/c26-25(27)11-10-21-18(13-25)12-24(16-29-23(30)32-24)22(21)9-7-19-6-8-20(14-28-19)31-15-17-4-2-1-3-5-17/h1-9,14,18,21-22H,10-13,15-16H2,(H,29,30)/b9-7+/t18-,21-,22+,24?/m1/s1. The zero-order chi connectivity index (χ0) is 22.2. The maximum absolute atomic E-state index is 14.0. The van der Waals surface area contributed by atoms with E-state index in [1.54, 1.807) is 6.20 Å². The molecule has 1 aromatic heterocycles. The van der Waals surface area contributed by atoms with E-state index in [0.717, 1.165) is 11.3 Å². The van der Waals surface area contributed by atoms with Crippen LogP contribution < -0.4 is 10.1 Å². The maximum atomic E-state index is 14.0. The summed E-state index contributed by atoms with van der Waals surface area (Å²) in [6.07, 6.45) is 5.78. The number of hydrogen-bond donors (Lipinski definition) is 1. The third-order valence-electron chi connectivity index (χ3n) is 7.00. The lowest BCUT2D eigenvalue weighted by atomic mass is 9.75. The Morgan fingerprint density at radius 2 is 2.03 bits per heavy atom. The van der Waals surface area contributed by atoms with Crippen molar-refractivity contribution in [2.24, 2.45) is 17.8 Å². The number of alkyl carbamates (subject to hydrolysis) is 1. The molecule has 2 saturated carbocycles. The summed E-state index contributed by atoms with van der Waals surface area (Å²) in [6, 6.07) is 13.6. The largest absolute Gasteiger partial charge is 0.487 e. The Labute approximate surface area is 185 Å². The van der Waals surface area contributed by atoms with Crippen LogP contribution in [0.2, 0.25) is 0 Å². The maximum Gasteiger partial charge on any atom is 0.407 e. The first-order chi connectivity index (χ1) is 15.4. The average molecular weight is 440 g/mol. The number of ether oxygens (including phenoxy) is 2. The van der Waals surface area contributed by atoms with Gasteiger partial charge >= 0.3 is 6.09 Å². The monoisotopic (exact) mass is 440 g/mol. The van der Waals surface area contributed by atoms with Gasteiger partial charge in [-0.1, -0.05) is 36.4 Å². The molecule has 1 saturated heterocycles. The summed E-state index contributed by atoms with van der Waals surface area (Å²) in [7, 11) is 0. The lowest BCUT2D eigenvalue weighted by Gasteiger charge is -2.33. The molecule has 168 valence electrons. The SMILES string of the molecule is O=C1NCC2(C[C@@H]3CC(F)(F)CC[C@H]3[C@@H]2/C=C/c2ccc(OCc3ccccc3)cn2)O1. The molecule has 5 rings (SSSR count). The quantitative estimate of drug-likeness (QED) is 0.692. The van der Waals surface area contributed by atoms with Gasteiger partial charge in [0.2, 0.25) is 5.92 Å². The van der Waals surface area contributed by atoms with Crippen LogP contribution in [-0.2, 0) is 11.3 Å². The number of carbonyl (C=O) groups excluding carboxylic acids is 1. The molecule has 3 fully saturated rings. The number of benzene rings is 1. The van der Waals surface area contributed by atoms with Gasteiger partial charge in [-0.3, -0.25) is 4.98 Å². The molecule has 2 heterocycles. The number of amides is 1. The number of aromatic nitrogens is 1. The Morgan fingerprint density at radius 3 is 2.75 bits per heavy atom. The van der Waals surface area contributed by atoms with E-state index in [9.17, 15) is 13.6 Å². The summed E-state index contributed by atoms with van der Waals surface area (Å²) in [5.74, 6) is -2.14. The average Bonchev–Trinajstić information content (AvgIpc) is 3.29. The molecule has 0 bridgehead atoms. The second kappa shape index (κ2) is 8.19. The number of nitrogens with zero attached hydrogens (tertiary/aromatic N) is 1. The Hall–Kier alpha value is -2.96. The summed E-state index contributed by atoms with van der Waals surface area (Å²) in [6.45, 7) is 0.827. The van der Waals surface area contributed by atoms with Gasteiger partial charge in [-0.05, 0) is 48.4 Å². The normalized spacial score (nSPS) is 30.8. The topological polar surface area (TPSA) is 60.5 Å². The minimum Gasteiger partial charge on any atom is -0.487 e. The molecule has 1 spiro atoms. The first-order valence-electron chi connectivity index (χ1n) is 11.1. The van der Waals surface area contributed by atoms with E-state index >= 15 is 0 Å². The molecule has 5 nitrogen and oxygen atoms in total. The summed E-state index contributed by atoms with van der Waals surface area (Å²) < 4.78 is 39.5. The van der Waals surface area contributed by atoms with Crippen molar-refractivity contribution >= 4 is 12.2 Å². The molecular weight excluding hydrogens is 414 g/mol. The fourth-order valence-electron chi connectivity index (χ4n) is 5.53. The van der Waals surface area contributed by atoms with Crippen LogP contribution in [0.1, 0.15) is 36.9 Å². The summed E-state index contributed by atoms with van der Waals surface area (Å²) in [5, 5.41) is 2.73. The van der Waals surface area contributed by atoms with Gasteiger partial charge in [0, 0.05) is 18.8 Å². The number of hydrogen-bond acceptors (Lipinski definition) is 4. The van der Waals surface area contributed by atoms with Gasteiger partial charge < -0.3 is 14.8 Å². The highest BCUT2D eigenvalue weighted by molar-refractivity contribution is 5.70. The number of alkyl halides is 2. The number of nitrogens with one attached hydrogen (secondary N) is 1. The van der Waals surface area contributed by atoms with E-state index in [4.69, 9.17) is 9.47 Å². The third kappa shape index (κ3) is 4.20. The van der Waals surface area contributed by atoms with Crippen LogP contribution in [-0.4, -0.2) is 29.1 Å². The first kappa shape index (κ1) is 20.9. The Morgan fingerprint density at radius 1 is 1.19 bits per heavy atom. The zero-order valence-electron chi connectivity index (χ0n) is 17.7. The van der Waals surface area contributed by atoms with Crippen molar-refractivity contribution in [2.75, 3.05) is 6.54 Å². The van der Waals surface area contributed by atoms with Crippen molar-refractivity contribution in [3.05, 3.63) is 66.0 Å². The zero-order valence-corrected chi connectivity index (χ0v) is 17.7. The van der Waals surface area contributed by atoms with Crippen LogP contribution >= 0.6 is 0 Å². The number of rotatable bonds is 5. The van der Waals surface area contributed by atoms with Crippen molar-refractivity contribution in [2.45, 2.75) is 43.8 Å². The molecule has 32 heavy (non-hydrogen) atoms. The van der Waals surface area contributed by atoms with Crippen LogP contribution in [0.4, 0.5) is 13.6 Å². The number of pyridine rings is 1. The van der Waals surface area contributed by atoms with Gasteiger partial charge in [0.05, 0.1) is 18.4 Å². The Bertz CT molecular complexity index is 996. The molecule has 1 unspecified atom stereocenters. The predicted molar refractivity (Wildman–Crippen MR) is 115 cm³/mol. The number of fused-ring (bicyclic) bond motifs is 1. The second-order valence-corrected chi connectivity index (χ2v) is 9.11. The molecule has 3 aliphatic rings. The first-order valence-corrected chi connectivity index (χ1v) is 11.1. The molecular formula is C25H26F2N2O3. The molecule has 2 aliphatic carbocycles. The molecule has 1 N–H and O–H groups in total. The van der Waals surface area contributed by atoms with Crippen LogP contribution in [0.15, 0.2) is 54.7 Å². The van der Waals surface area contributed by atoms with Crippen molar-refractivity contribution in [1.82, 2.24) is 10.3 Å². The smallest absolute Gasteiger partial charge is 0.407 e. The summed E-state index contributed by atoms with van der Waals surface area (Å²) >= 11 is 0. The fraction of sp³-hybridized carbons (Fsp3) is 0.440. The van der Waals surface area contributed by atoms with Crippen molar-refractivity contribution in [3.63, 3.8) is 0 Å². The minimum atomic E-state index is -2.63. The van der Waals surface area contributed by atoms with Crippen LogP contribution in [0.3, 0.4) is 0 Å². The van der Waals surface area contributed by atoms with Gasteiger partial charge in [0.15, 0.2) is 0 Å². The van der Waals surface area contributed by atoms with E-state index in [1.807, 2.05) is 54.6 Å². The second-order valence-electron chi connectivity index (χ2n) is 9.11. The minimum absolute atomic E-state index is 0.0760. The van der Waals surface area contributed by atoms with E-state index in [0.29, 0.717) is 31.7 Å². The number of halogens is 2. The number of carbonyl (C=O) groups is 1. The highest BCUT2D eigenvalue weighted by Crippen LogP contribution is 2.56. The van der Waals surface area contributed by atoms with E-state index in [-0.39, 0.29) is 30.6 Å². The lowest BCUT2D eigenvalue weighted by Crippen LogP contribution is -2.38. The fourth-order valence-corrected chi connectivity index (χ4v) is 5.53. The lowest BCUT2D eigenvalue weighted by molar-refractivity contribution is -0.0659. The van der Waals surface area contributed by atoms with Crippen molar-refractivity contribution in [1.29, 1.82) is 0 Å². The van der Waals surface area contributed by atoms with Gasteiger partial charge in [-0.15, -0.1) is 0 Å². The van der Waals surface area contributed by atoms with Crippen molar-refractivity contribution < 1.29 is 23.0 Å². The summed E-state index contributed by atoms with van der Waals surface area (Å²) in [5.41, 5.74) is 1.08. The molecule has 1 aromatic carbocycles. The van der Waals surface area contributed by atoms with Gasteiger partial charge in [0.1, 0.15) is 18.0 Å². The third-order valence-corrected chi connectivity index (χ3v) is 7.00. The molecule has 1 amide bonds.